The Morgan fingerprint density at radius 2 is 1.96 bits per heavy atom. The molecule has 23 heavy (non-hydrogen) atoms. The van der Waals surface area contributed by atoms with E-state index < -0.39 is 17.5 Å². The molecular formula is C15H16F3N3O2. The highest BCUT2D eigenvalue weighted by Gasteiger charge is 2.33. The van der Waals surface area contributed by atoms with Gasteiger partial charge in [0, 0.05) is 5.56 Å². The molecule has 0 bridgehead atoms. The van der Waals surface area contributed by atoms with Gasteiger partial charge in [-0.25, -0.2) is 4.68 Å². The van der Waals surface area contributed by atoms with E-state index in [9.17, 15) is 13.2 Å². The first kappa shape index (κ1) is 15.9. The molecular weight excluding hydrogens is 311 g/mol. The minimum atomic E-state index is -4.34. The number of aromatic nitrogens is 3. The van der Waals surface area contributed by atoms with E-state index in [-0.39, 0.29) is 6.10 Å². The molecule has 0 saturated carbocycles. The molecule has 1 aliphatic rings. The van der Waals surface area contributed by atoms with Crippen molar-refractivity contribution < 1.29 is 22.6 Å². The molecule has 0 spiro atoms. The highest BCUT2D eigenvalue weighted by atomic mass is 19.4. The minimum absolute atomic E-state index is 0.132. The van der Waals surface area contributed by atoms with Crippen LogP contribution < -0.4 is 0 Å². The first-order valence-corrected chi connectivity index (χ1v) is 7.12. The standard InChI is InChI=1S/C15H16F3N3O2/c1-14(2)22-9-12(23-14)7-21-8-13(19-20-21)10-3-5-11(6-4-10)15(16,17)18/h3-6,8,12H,7,9H2,1-2H3/t12-/m0/s1. The Morgan fingerprint density at radius 3 is 2.52 bits per heavy atom. The third-order valence-corrected chi connectivity index (χ3v) is 3.50. The van der Waals surface area contributed by atoms with Gasteiger partial charge in [-0.2, -0.15) is 13.2 Å². The summed E-state index contributed by atoms with van der Waals surface area (Å²) in [6, 6.07) is 4.83. The zero-order valence-corrected chi connectivity index (χ0v) is 12.7. The summed E-state index contributed by atoms with van der Waals surface area (Å²) in [6.45, 7) is 4.60. The van der Waals surface area contributed by atoms with Crippen LogP contribution in [0.25, 0.3) is 11.3 Å². The summed E-state index contributed by atoms with van der Waals surface area (Å²) in [7, 11) is 0. The van der Waals surface area contributed by atoms with Crippen molar-refractivity contribution in [1.29, 1.82) is 0 Å². The van der Waals surface area contributed by atoms with Gasteiger partial charge in [0.05, 0.1) is 24.9 Å². The highest BCUT2D eigenvalue weighted by Crippen LogP contribution is 2.30. The van der Waals surface area contributed by atoms with Gasteiger partial charge in [0.25, 0.3) is 0 Å². The van der Waals surface area contributed by atoms with E-state index >= 15 is 0 Å². The van der Waals surface area contributed by atoms with Gasteiger partial charge < -0.3 is 9.47 Å². The molecule has 0 amide bonds. The topological polar surface area (TPSA) is 49.2 Å². The van der Waals surface area contributed by atoms with Gasteiger partial charge >= 0.3 is 6.18 Å². The quantitative estimate of drug-likeness (QED) is 0.869. The number of hydrogen-bond acceptors (Lipinski definition) is 4. The van der Waals surface area contributed by atoms with Gasteiger partial charge in [-0.05, 0) is 26.0 Å². The van der Waals surface area contributed by atoms with E-state index in [0.29, 0.717) is 24.4 Å². The van der Waals surface area contributed by atoms with Crippen molar-refractivity contribution in [3.63, 3.8) is 0 Å². The maximum Gasteiger partial charge on any atom is 0.416 e. The van der Waals surface area contributed by atoms with E-state index in [2.05, 4.69) is 10.3 Å². The summed E-state index contributed by atoms with van der Waals surface area (Å²) in [6.07, 6.45) is -2.80. The maximum atomic E-state index is 12.6. The fraction of sp³-hybridized carbons (Fsp3) is 0.467. The van der Waals surface area contributed by atoms with Crippen molar-refractivity contribution in [2.24, 2.45) is 0 Å². The van der Waals surface area contributed by atoms with Gasteiger partial charge in [-0.15, -0.1) is 5.10 Å². The third-order valence-electron chi connectivity index (χ3n) is 3.50. The Kier molecular flexibility index (Phi) is 3.89. The van der Waals surface area contributed by atoms with Gasteiger partial charge in [-0.3, -0.25) is 0 Å². The smallest absolute Gasteiger partial charge is 0.348 e. The Labute approximate surface area is 131 Å². The molecule has 1 aliphatic heterocycles. The average molecular weight is 327 g/mol. The lowest BCUT2D eigenvalue weighted by molar-refractivity contribution is -0.140. The van der Waals surface area contributed by atoms with E-state index in [1.54, 1.807) is 10.9 Å². The molecule has 0 radical (unpaired) electrons. The lowest BCUT2D eigenvalue weighted by Crippen LogP contribution is -2.24. The maximum absolute atomic E-state index is 12.6. The second-order valence-corrected chi connectivity index (χ2v) is 5.85. The zero-order valence-electron chi connectivity index (χ0n) is 12.7. The summed E-state index contributed by atoms with van der Waals surface area (Å²) < 4.78 is 50.4. The van der Waals surface area contributed by atoms with Gasteiger partial charge in [0.15, 0.2) is 5.79 Å². The Morgan fingerprint density at radius 1 is 1.26 bits per heavy atom. The fourth-order valence-electron chi connectivity index (χ4n) is 2.41. The number of halogens is 3. The van der Waals surface area contributed by atoms with Crippen molar-refractivity contribution in [3.05, 3.63) is 36.0 Å². The van der Waals surface area contributed by atoms with Crippen LogP contribution >= 0.6 is 0 Å². The average Bonchev–Trinajstić information content (AvgIpc) is 3.05. The lowest BCUT2D eigenvalue weighted by Gasteiger charge is -2.16. The van der Waals surface area contributed by atoms with Crippen LogP contribution in [0.3, 0.4) is 0 Å². The van der Waals surface area contributed by atoms with Crippen molar-refractivity contribution in [3.8, 4) is 11.3 Å². The Hall–Kier alpha value is -1.93. The summed E-state index contributed by atoms with van der Waals surface area (Å²) in [4.78, 5) is 0. The van der Waals surface area contributed by atoms with E-state index in [1.165, 1.54) is 12.1 Å². The molecule has 2 heterocycles. The lowest BCUT2D eigenvalue weighted by atomic mass is 10.1. The molecule has 124 valence electrons. The molecule has 0 aliphatic carbocycles. The molecule has 1 aromatic carbocycles. The normalized spacial score (nSPS) is 20.8. The number of nitrogens with zero attached hydrogens (tertiary/aromatic N) is 3. The third kappa shape index (κ3) is 3.70. The Balaban J connectivity index is 1.70. The van der Waals surface area contributed by atoms with Crippen LogP contribution in [0.2, 0.25) is 0 Å². The number of ether oxygens (including phenoxy) is 2. The first-order valence-electron chi connectivity index (χ1n) is 7.12. The second-order valence-electron chi connectivity index (χ2n) is 5.85. The summed E-state index contributed by atoms with van der Waals surface area (Å²) >= 11 is 0. The van der Waals surface area contributed by atoms with Gasteiger partial charge in [0.1, 0.15) is 11.8 Å². The first-order chi connectivity index (χ1) is 10.7. The molecule has 3 rings (SSSR count). The molecule has 1 fully saturated rings. The molecule has 1 aromatic heterocycles. The molecule has 0 N–H and O–H groups in total. The summed E-state index contributed by atoms with van der Waals surface area (Å²) in [5.41, 5.74) is 0.400. The summed E-state index contributed by atoms with van der Waals surface area (Å²) in [5.74, 6) is -0.610. The SMILES string of the molecule is CC1(C)OC[C@H](Cn2cc(-c3ccc(C(F)(F)F)cc3)nn2)O1. The van der Waals surface area contributed by atoms with Crippen molar-refractivity contribution in [2.75, 3.05) is 6.61 Å². The molecule has 1 atom stereocenters. The van der Waals surface area contributed by atoms with Crippen molar-refractivity contribution >= 4 is 0 Å². The van der Waals surface area contributed by atoms with Crippen molar-refractivity contribution in [1.82, 2.24) is 15.0 Å². The monoisotopic (exact) mass is 327 g/mol. The molecule has 2 aromatic rings. The second kappa shape index (κ2) is 5.61. The zero-order chi connectivity index (χ0) is 16.7. The predicted molar refractivity (Wildman–Crippen MR) is 75.4 cm³/mol. The van der Waals surface area contributed by atoms with Crippen LogP contribution in [-0.4, -0.2) is 33.5 Å². The number of benzene rings is 1. The molecule has 5 nitrogen and oxygen atoms in total. The number of hydrogen-bond donors (Lipinski definition) is 0. The highest BCUT2D eigenvalue weighted by molar-refractivity contribution is 5.58. The molecule has 0 unspecified atom stereocenters. The van der Waals surface area contributed by atoms with Gasteiger partial charge in [0.2, 0.25) is 0 Å². The molecule has 8 heteroatoms. The van der Waals surface area contributed by atoms with Crippen LogP contribution in [0, 0.1) is 0 Å². The summed E-state index contributed by atoms with van der Waals surface area (Å²) in [5, 5.41) is 7.98. The van der Waals surface area contributed by atoms with Crippen molar-refractivity contribution in [2.45, 2.75) is 38.5 Å². The molecule has 1 saturated heterocycles. The van der Waals surface area contributed by atoms with Crippen LogP contribution in [-0.2, 0) is 22.2 Å². The minimum Gasteiger partial charge on any atom is -0.348 e. The fourth-order valence-corrected chi connectivity index (χ4v) is 2.41. The van der Waals surface area contributed by atoms with Crippen LogP contribution in [0.4, 0.5) is 13.2 Å². The van der Waals surface area contributed by atoms with E-state index in [4.69, 9.17) is 9.47 Å². The van der Waals surface area contributed by atoms with Crippen LogP contribution in [0.1, 0.15) is 19.4 Å². The van der Waals surface area contributed by atoms with Crippen LogP contribution in [0.15, 0.2) is 30.5 Å². The van der Waals surface area contributed by atoms with E-state index in [0.717, 1.165) is 12.1 Å². The number of rotatable bonds is 3. The van der Waals surface area contributed by atoms with Crippen LogP contribution in [0.5, 0.6) is 0 Å². The van der Waals surface area contributed by atoms with E-state index in [1.807, 2.05) is 13.8 Å². The largest absolute Gasteiger partial charge is 0.416 e. The number of alkyl halides is 3. The van der Waals surface area contributed by atoms with Gasteiger partial charge in [-0.1, -0.05) is 17.3 Å². The Bertz CT molecular complexity index is 680. The predicted octanol–water partition coefficient (Wildman–Crippen LogP) is 3.12.